The summed E-state index contributed by atoms with van der Waals surface area (Å²) >= 11 is 1.16. The summed E-state index contributed by atoms with van der Waals surface area (Å²) in [4.78, 5) is 17.1. The van der Waals surface area contributed by atoms with Crippen molar-refractivity contribution < 1.29 is 4.92 Å². The number of thiophene rings is 1. The van der Waals surface area contributed by atoms with Crippen molar-refractivity contribution in [3.05, 3.63) is 45.5 Å². The van der Waals surface area contributed by atoms with E-state index in [2.05, 4.69) is 15.2 Å². The highest BCUT2D eigenvalue weighted by Crippen LogP contribution is 2.28. The Kier molecular flexibility index (Phi) is 4.01. The lowest BCUT2D eigenvalue weighted by molar-refractivity contribution is -0.380. The standard InChI is InChI=1S/C14H16N4O2S/c19-18(20)13-8-11(10-21-13)9-16-12-4-3-5-15-14(12)17-6-1-2-7-17/h3-5,8,10,16H,1-2,6-7,9H2. The number of hydrogen-bond donors (Lipinski definition) is 1. The monoisotopic (exact) mass is 304 g/mol. The molecule has 2 aromatic heterocycles. The summed E-state index contributed by atoms with van der Waals surface area (Å²) in [6.45, 7) is 2.64. The molecule has 0 saturated carbocycles. The van der Waals surface area contributed by atoms with Crippen LogP contribution >= 0.6 is 11.3 Å². The third-order valence-electron chi connectivity index (χ3n) is 3.50. The summed E-state index contributed by atoms with van der Waals surface area (Å²) in [7, 11) is 0. The smallest absolute Gasteiger partial charge is 0.324 e. The fourth-order valence-electron chi connectivity index (χ4n) is 2.46. The van der Waals surface area contributed by atoms with Gasteiger partial charge in [0.2, 0.25) is 0 Å². The van der Waals surface area contributed by atoms with E-state index in [0.717, 1.165) is 41.5 Å². The molecule has 7 heteroatoms. The molecule has 0 unspecified atom stereocenters. The van der Waals surface area contributed by atoms with Crippen LogP contribution in [0.1, 0.15) is 18.4 Å². The van der Waals surface area contributed by atoms with Gasteiger partial charge in [0.15, 0.2) is 5.82 Å². The third kappa shape index (κ3) is 3.13. The van der Waals surface area contributed by atoms with Crippen LogP contribution in [0.15, 0.2) is 29.8 Å². The number of anilines is 2. The molecule has 110 valence electrons. The number of rotatable bonds is 5. The number of pyridine rings is 1. The van der Waals surface area contributed by atoms with Gasteiger partial charge in [0, 0.05) is 37.3 Å². The van der Waals surface area contributed by atoms with Crippen LogP contribution < -0.4 is 10.2 Å². The van der Waals surface area contributed by atoms with Crippen LogP contribution in [0.4, 0.5) is 16.5 Å². The van der Waals surface area contributed by atoms with Gasteiger partial charge in [0.1, 0.15) is 0 Å². The average molecular weight is 304 g/mol. The van der Waals surface area contributed by atoms with Crippen molar-refractivity contribution in [2.45, 2.75) is 19.4 Å². The highest BCUT2D eigenvalue weighted by Gasteiger charge is 2.17. The van der Waals surface area contributed by atoms with Gasteiger partial charge in [0.25, 0.3) is 0 Å². The van der Waals surface area contributed by atoms with Gasteiger partial charge in [-0.15, -0.1) is 0 Å². The van der Waals surface area contributed by atoms with Crippen LogP contribution in [0.2, 0.25) is 0 Å². The first-order valence-corrected chi connectivity index (χ1v) is 7.77. The zero-order valence-corrected chi connectivity index (χ0v) is 12.3. The molecule has 2 aromatic rings. The maximum Gasteiger partial charge on any atom is 0.324 e. The van der Waals surface area contributed by atoms with Gasteiger partial charge in [-0.05, 0) is 30.5 Å². The van der Waals surface area contributed by atoms with E-state index in [1.165, 1.54) is 12.8 Å². The minimum Gasteiger partial charge on any atom is -0.378 e. The molecule has 0 aromatic carbocycles. The molecule has 1 fully saturated rings. The maximum atomic E-state index is 10.7. The number of nitro groups is 1. The lowest BCUT2D eigenvalue weighted by atomic mass is 10.3. The van der Waals surface area contributed by atoms with E-state index in [0.29, 0.717) is 6.54 Å². The molecular weight excluding hydrogens is 288 g/mol. The molecule has 0 radical (unpaired) electrons. The van der Waals surface area contributed by atoms with Crippen molar-refractivity contribution in [1.82, 2.24) is 4.98 Å². The normalized spacial score (nSPS) is 14.4. The van der Waals surface area contributed by atoms with Crippen LogP contribution in [0, 0.1) is 10.1 Å². The molecule has 3 heterocycles. The van der Waals surface area contributed by atoms with E-state index in [-0.39, 0.29) is 9.92 Å². The van der Waals surface area contributed by atoms with Crippen LogP contribution in [-0.4, -0.2) is 23.0 Å². The van der Waals surface area contributed by atoms with Crippen LogP contribution in [-0.2, 0) is 6.54 Å². The van der Waals surface area contributed by atoms with E-state index < -0.39 is 0 Å². The van der Waals surface area contributed by atoms with Crippen molar-refractivity contribution in [3.8, 4) is 0 Å². The molecule has 0 amide bonds. The summed E-state index contributed by atoms with van der Waals surface area (Å²) < 4.78 is 0. The van der Waals surface area contributed by atoms with Crippen molar-refractivity contribution in [1.29, 1.82) is 0 Å². The zero-order valence-electron chi connectivity index (χ0n) is 11.5. The third-order valence-corrected chi connectivity index (χ3v) is 4.42. The molecule has 1 N–H and O–H groups in total. The summed E-state index contributed by atoms with van der Waals surface area (Å²) in [6, 6.07) is 5.52. The van der Waals surface area contributed by atoms with E-state index in [1.54, 1.807) is 12.3 Å². The number of aromatic nitrogens is 1. The van der Waals surface area contributed by atoms with E-state index in [1.807, 2.05) is 17.5 Å². The van der Waals surface area contributed by atoms with Crippen LogP contribution in [0.3, 0.4) is 0 Å². The summed E-state index contributed by atoms with van der Waals surface area (Å²) in [5, 5.41) is 16.0. The van der Waals surface area contributed by atoms with Gasteiger partial charge in [-0.1, -0.05) is 11.3 Å². The quantitative estimate of drug-likeness (QED) is 0.678. The SMILES string of the molecule is O=[N+]([O-])c1cc(CNc2cccnc2N2CCCC2)cs1. The van der Waals surface area contributed by atoms with Crippen LogP contribution in [0.25, 0.3) is 0 Å². The minimum absolute atomic E-state index is 0.178. The average Bonchev–Trinajstić information content (AvgIpc) is 3.17. The fraction of sp³-hybridized carbons (Fsp3) is 0.357. The molecule has 0 spiro atoms. The molecule has 1 saturated heterocycles. The predicted molar refractivity (Wildman–Crippen MR) is 84.0 cm³/mol. The van der Waals surface area contributed by atoms with Crippen LogP contribution in [0.5, 0.6) is 0 Å². The molecule has 0 aliphatic carbocycles. The van der Waals surface area contributed by atoms with Gasteiger partial charge in [-0.2, -0.15) is 0 Å². The van der Waals surface area contributed by atoms with E-state index >= 15 is 0 Å². The second-order valence-electron chi connectivity index (χ2n) is 4.97. The molecule has 6 nitrogen and oxygen atoms in total. The first-order chi connectivity index (χ1) is 10.2. The predicted octanol–water partition coefficient (Wildman–Crippen LogP) is 3.26. The molecule has 0 bridgehead atoms. The Bertz CT molecular complexity index is 637. The minimum atomic E-state index is -0.353. The molecule has 3 rings (SSSR count). The Labute approximate surface area is 126 Å². The highest BCUT2D eigenvalue weighted by molar-refractivity contribution is 7.13. The second kappa shape index (κ2) is 6.09. The van der Waals surface area contributed by atoms with Crippen molar-refractivity contribution in [2.24, 2.45) is 0 Å². The van der Waals surface area contributed by atoms with E-state index in [9.17, 15) is 10.1 Å². The first kappa shape index (κ1) is 13.8. The van der Waals surface area contributed by atoms with Gasteiger partial charge in [-0.25, -0.2) is 4.98 Å². The Balaban J connectivity index is 1.71. The molecule has 21 heavy (non-hydrogen) atoms. The Morgan fingerprint density at radius 3 is 2.95 bits per heavy atom. The highest BCUT2D eigenvalue weighted by atomic mass is 32.1. The largest absolute Gasteiger partial charge is 0.378 e. The van der Waals surface area contributed by atoms with Crippen molar-refractivity contribution in [2.75, 3.05) is 23.3 Å². The van der Waals surface area contributed by atoms with Gasteiger partial charge < -0.3 is 10.2 Å². The second-order valence-corrected chi connectivity index (χ2v) is 5.86. The molecular formula is C14H16N4O2S. The number of nitrogens with one attached hydrogen (secondary N) is 1. The zero-order chi connectivity index (χ0) is 14.7. The van der Waals surface area contributed by atoms with Gasteiger partial charge in [0.05, 0.1) is 10.6 Å². The fourth-order valence-corrected chi connectivity index (χ4v) is 3.19. The topological polar surface area (TPSA) is 71.3 Å². The summed E-state index contributed by atoms with van der Waals surface area (Å²) in [5.41, 5.74) is 1.90. The lowest BCUT2D eigenvalue weighted by Crippen LogP contribution is -2.20. The summed E-state index contributed by atoms with van der Waals surface area (Å²) in [5.74, 6) is 0.972. The Morgan fingerprint density at radius 1 is 1.43 bits per heavy atom. The number of hydrogen-bond acceptors (Lipinski definition) is 6. The molecule has 0 atom stereocenters. The van der Waals surface area contributed by atoms with Gasteiger partial charge >= 0.3 is 5.00 Å². The lowest BCUT2D eigenvalue weighted by Gasteiger charge is -2.20. The molecule has 1 aliphatic rings. The Hall–Kier alpha value is -2.15. The van der Waals surface area contributed by atoms with Gasteiger partial charge in [-0.3, -0.25) is 10.1 Å². The van der Waals surface area contributed by atoms with Crippen molar-refractivity contribution >= 4 is 27.8 Å². The number of nitrogens with zero attached hydrogens (tertiary/aromatic N) is 3. The summed E-state index contributed by atoms with van der Waals surface area (Å²) in [6.07, 6.45) is 4.20. The van der Waals surface area contributed by atoms with Crippen molar-refractivity contribution in [3.63, 3.8) is 0 Å². The van der Waals surface area contributed by atoms with E-state index in [4.69, 9.17) is 0 Å². The Morgan fingerprint density at radius 2 is 2.24 bits per heavy atom. The molecule has 1 aliphatic heterocycles. The maximum absolute atomic E-state index is 10.7. The first-order valence-electron chi connectivity index (χ1n) is 6.89.